The molecular formula is C14H16FNO5S. The van der Waals surface area contributed by atoms with Gasteiger partial charge in [-0.05, 0) is 18.6 Å². The molecule has 0 spiro atoms. The van der Waals surface area contributed by atoms with Crippen molar-refractivity contribution in [3.63, 3.8) is 0 Å². The zero-order chi connectivity index (χ0) is 16.5. The van der Waals surface area contributed by atoms with Crippen LogP contribution in [0.4, 0.5) is 9.57 Å². The second-order valence-electron chi connectivity index (χ2n) is 5.24. The highest BCUT2D eigenvalue weighted by Crippen LogP contribution is 2.31. The Morgan fingerprint density at radius 2 is 2.14 bits per heavy atom. The van der Waals surface area contributed by atoms with Gasteiger partial charge in [0.05, 0.1) is 24.1 Å². The number of benzene rings is 1. The van der Waals surface area contributed by atoms with Crippen molar-refractivity contribution in [2.24, 2.45) is 5.92 Å². The molecule has 1 atom stereocenters. The Morgan fingerprint density at radius 3 is 2.73 bits per heavy atom. The van der Waals surface area contributed by atoms with Crippen LogP contribution in [-0.4, -0.2) is 39.7 Å². The van der Waals surface area contributed by atoms with Gasteiger partial charge in [-0.3, -0.25) is 4.79 Å². The molecule has 1 saturated heterocycles. The first-order valence-electron chi connectivity index (χ1n) is 6.63. The third-order valence-electron chi connectivity index (χ3n) is 3.57. The number of halogens is 1. The van der Waals surface area contributed by atoms with Gasteiger partial charge in [0.25, 0.3) is 0 Å². The molecule has 0 saturated carbocycles. The van der Waals surface area contributed by atoms with Crippen molar-refractivity contribution in [2.75, 3.05) is 24.3 Å². The number of carbonyl (C=O) groups is 2. The second kappa shape index (κ2) is 6.04. The zero-order valence-corrected chi connectivity index (χ0v) is 13.0. The Bertz CT molecular complexity index is 716. The predicted octanol–water partition coefficient (Wildman–Crippen LogP) is 1.43. The average Bonchev–Trinajstić information content (AvgIpc) is 2.76. The highest BCUT2D eigenvalue weighted by atomic mass is 32.3. The van der Waals surface area contributed by atoms with Crippen molar-refractivity contribution >= 4 is 27.8 Å². The molecule has 120 valence electrons. The number of hydrogen-bond acceptors (Lipinski definition) is 5. The first-order valence-corrected chi connectivity index (χ1v) is 8.19. The first kappa shape index (κ1) is 16.4. The molecule has 1 aromatic carbocycles. The molecule has 1 heterocycles. The van der Waals surface area contributed by atoms with Crippen LogP contribution < -0.4 is 4.90 Å². The summed E-state index contributed by atoms with van der Waals surface area (Å²) in [7, 11) is -3.41. The summed E-state index contributed by atoms with van der Waals surface area (Å²) in [5.74, 6) is -2.25. The number of ether oxygens (including phenoxy) is 1. The van der Waals surface area contributed by atoms with Crippen LogP contribution in [0.2, 0.25) is 0 Å². The van der Waals surface area contributed by atoms with E-state index in [0.29, 0.717) is 11.3 Å². The third kappa shape index (κ3) is 3.44. The number of carbonyl (C=O) groups excluding carboxylic acids is 2. The van der Waals surface area contributed by atoms with Crippen molar-refractivity contribution in [1.82, 2.24) is 0 Å². The highest BCUT2D eigenvalue weighted by molar-refractivity contribution is 7.86. The Hall–Kier alpha value is -1.96. The summed E-state index contributed by atoms with van der Waals surface area (Å²) >= 11 is 0. The first-order chi connectivity index (χ1) is 10.2. The molecule has 2 rings (SSSR count). The van der Waals surface area contributed by atoms with Gasteiger partial charge in [0.1, 0.15) is 0 Å². The van der Waals surface area contributed by atoms with Gasteiger partial charge in [0.15, 0.2) is 0 Å². The van der Waals surface area contributed by atoms with Crippen molar-refractivity contribution < 1.29 is 26.6 Å². The number of nitrogens with zero attached hydrogens (tertiary/aromatic N) is 1. The van der Waals surface area contributed by atoms with Crippen molar-refractivity contribution in [2.45, 2.75) is 13.3 Å². The van der Waals surface area contributed by atoms with E-state index in [1.807, 2.05) is 0 Å². The largest absolute Gasteiger partial charge is 0.465 e. The van der Waals surface area contributed by atoms with Gasteiger partial charge in [0.2, 0.25) is 5.91 Å². The summed E-state index contributed by atoms with van der Waals surface area (Å²) in [5, 5.41) is 0. The van der Waals surface area contributed by atoms with Crippen LogP contribution in [0.5, 0.6) is 0 Å². The van der Waals surface area contributed by atoms with Crippen molar-refractivity contribution in [3.05, 3.63) is 29.3 Å². The average molecular weight is 329 g/mol. The fourth-order valence-electron chi connectivity index (χ4n) is 2.65. The maximum atomic E-state index is 12.8. The van der Waals surface area contributed by atoms with E-state index in [1.165, 1.54) is 12.0 Å². The van der Waals surface area contributed by atoms with E-state index < -0.39 is 27.9 Å². The van der Waals surface area contributed by atoms with E-state index in [-0.39, 0.29) is 24.4 Å². The van der Waals surface area contributed by atoms with Crippen LogP contribution in [0.3, 0.4) is 0 Å². The van der Waals surface area contributed by atoms with Gasteiger partial charge in [-0.25, -0.2) is 4.79 Å². The fourth-order valence-corrected chi connectivity index (χ4v) is 3.44. The Kier molecular flexibility index (Phi) is 4.50. The topological polar surface area (TPSA) is 80.8 Å². The third-order valence-corrected chi connectivity index (χ3v) is 4.44. The van der Waals surface area contributed by atoms with Crippen molar-refractivity contribution in [3.8, 4) is 0 Å². The van der Waals surface area contributed by atoms with Crippen LogP contribution in [0.15, 0.2) is 18.2 Å². The molecule has 8 heteroatoms. The van der Waals surface area contributed by atoms with Gasteiger partial charge in [-0.1, -0.05) is 12.1 Å². The lowest BCUT2D eigenvalue weighted by atomic mass is 10.1. The van der Waals surface area contributed by atoms with E-state index >= 15 is 0 Å². The molecule has 6 nitrogen and oxygen atoms in total. The number of anilines is 1. The van der Waals surface area contributed by atoms with Gasteiger partial charge in [-0.15, -0.1) is 3.89 Å². The van der Waals surface area contributed by atoms with Gasteiger partial charge in [0, 0.05) is 18.9 Å². The number of amides is 1. The maximum Gasteiger partial charge on any atom is 0.340 e. The Labute approximate surface area is 128 Å². The summed E-state index contributed by atoms with van der Waals surface area (Å²) in [6, 6.07) is 4.98. The van der Waals surface area contributed by atoms with E-state index in [1.54, 1.807) is 25.1 Å². The summed E-state index contributed by atoms with van der Waals surface area (Å²) in [5.41, 5.74) is 1.25. The lowest BCUT2D eigenvalue weighted by Crippen LogP contribution is -2.27. The van der Waals surface area contributed by atoms with Gasteiger partial charge >= 0.3 is 16.2 Å². The fraction of sp³-hybridized carbons (Fsp3) is 0.429. The maximum absolute atomic E-state index is 12.8. The lowest BCUT2D eigenvalue weighted by Gasteiger charge is -2.20. The van der Waals surface area contributed by atoms with Crippen LogP contribution >= 0.6 is 0 Å². The molecule has 22 heavy (non-hydrogen) atoms. The van der Waals surface area contributed by atoms with Crippen LogP contribution in [0.1, 0.15) is 22.3 Å². The van der Waals surface area contributed by atoms with Gasteiger partial charge in [-0.2, -0.15) is 8.42 Å². The SMILES string of the molecule is COC(=O)c1c(C)cccc1N1CC(CS(=O)(=O)F)CC1=O. The van der Waals surface area contributed by atoms with E-state index in [2.05, 4.69) is 0 Å². The molecular weight excluding hydrogens is 313 g/mol. The lowest BCUT2D eigenvalue weighted by molar-refractivity contribution is -0.117. The molecule has 1 aliphatic rings. The predicted molar refractivity (Wildman–Crippen MR) is 77.9 cm³/mol. The molecule has 1 fully saturated rings. The number of hydrogen-bond donors (Lipinski definition) is 0. The molecule has 1 amide bonds. The highest BCUT2D eigenvalue weighted by Gasteiger charge is 2.35. The van der Waals surface area contributed by atoms with Crippen molar-refractivity contribution in [1.29, 1.82) is 0 Å². The summed E-state index contributed by atoms with van der Waals surface area (Å²) in [6.45, 7) is 1.76. The minimum Gasteiger partial charge on any atom is -0.465 e. The molecule has 0 N–H and O–H groups in total. The summed E-state index contributed by atoms with van der Waals surface area (Å²) in [4.78, 5) is 25.3. The van der Waals surface area contributed by atoms with Crippen LogP contribution in [0, 0.1) is 12.8 Å². The standard InChI is InChI=1S/C14H16FNO5S/c1-9-4-3-5-11(13(9)14(18)21-2)16-7-10(6-12(16)17)8-22(15,19)20/h3-5,10H,6-8H2,1-2H3. The molecule has 1 unspecified atom stereocenters. The Morgan fingerprint density at radius 1 is 1.45 bits per heavy atom. The zero-order valence-electron chi connectivity index (χ0n) is 12.2. The number of methoxy groups -OCH3 is 1. The molecule has 1 aromatic rings. The smallest absolute Gasteiger partial charge is 0.340 e. The molecule has 0 aromatic heterocycles. The van der Waals surface area contributed by atoms with E-state index in [0.717, 1.165) is 0 Å². The van der Waals surface area contributed by atoms with E-state index in [9.17, 15) is 21.9 Å². The quantitative estimate of drug-likeness (QED) is 0.617. The molecule has 1 aliphatic heterocycles. The summed E-state index contributed by atoms with van der Waals surface area (Å²) < 4.78 is 39.0. The summed E-state index contributed by atoms with van der Waals surface area (Å²) in [6.07, 6.45) is -0.0717. The number of esters is 1. The van der Waals surface area contributed by atoms with E-state index in [4.69, 9.17) is 4.74 Å². The number of rotatable bonds is 4. The number of aryl methyl sites for hydroxylation is 1. The molecule has 0 radical (unpaired) electrons. The minimum atomic E-state index is -4.65. The van der Waals surface area contributed by atoms with Crippen LogP contribution in [0.25, 0.3) is 0 Å². The van der Waals surface area contributed by atoms with Crippen LogP contribution in [-0.2, 0) is 19.8 Å². The Balaban J connectivity index is 2.35. The molecule has 0 bridgehead atoms. The minimum absolute atomic E-state index is 0.0510. The monoisotopic (exact) mass is 329 g/mol. The molecule has 0 aliphatic carbocycles. The normalized spacial score (nSPS) is 18.6. The second-order valence-corrected chi connectivity index (χ2v) is 6.65. The van der Waals surface area contributed by atoms with Gasteiger partial charge < -0.3 is 9.64 Å².